The summed E-state index contributed by atoms with van der Waals surface area (Å²) >= 11 is 0. The Labute approximate surface area is 74.8 Å². The predicted molar refractivity (Wildman–Crippen MR) is 52.4 cm³/mol. The van der Waals surface area contributed by atoms with Gasteiger partial charge in [-0.05, 0) is 43.4 Å². The van der Waals surface area contributed by atoms with Crippen LogP contribution in [0.25, 0.3) is 0 Å². The first-order valence-corrected chi connectivity index (χ1v) is 4.58. The molecule has 0 fully saturated rings. The fourth-order valence-electron chi connectivity index (χ4n) is 1.12. The van der Waals surface area contributed by atoms with E-state index in [1.807, 2.05) is 6.20 Å². The van der Waals surface area contributed by atoms with E-state index in [-0.39, 0.29) is 0 Å². The van der Waals surface area contributed by atoms with Gasteiger partial charge in [0.25, 0.3) is 0 Å². The Morgan fingerprint density at radius 1 is 1.33 bits per heavy atom. The zero-order valence-corrected chi connectivity index (χ0v) is 8.39. The van der Waals surface area contributed by atoms with E-state index in [1.165, 1.54) is 16.8 Å². The lowest BCUT2D eigenvalue weighted by atomic mass is 10.0. The number of hydrogen-bond donors (Lipinski definition) is 0. The highest BCUT2D eigenvalue weighted by Crippen LogP contribution is 2.18. The summed E-state index contributed by atoms with van der Waals surface area (Å²) < 4.78 is 0. The molecule has 0 N–H and O–H groups in total. The number of hydrogen-bond acceptors (Lipinski definition) is 1. The summed E-state index contributed by atoms with van der Waals surface area (Å²) in [7, 11) is 0. The van der Waals surface area contributed by atoms with Crippen LogP contribution in [0.5, 0.6) is 0 Å². The van der Waals surface area contributed by atoms with Gasteiger partial charge < -0.3 is 0 Å². The van der Waals surface area contributed by atoms with Crippen molar-refractivity contribution in [1.29, 1.82) is 0 Å². The lowest BCUT2D eigenvalue weighted by Gasteiger charge is -2.09. The van der Waals surface area contributed by atoms with Crippen LogP contribution in [-0.2, 0) is 0 Å². The molecule has 0 saturated carbocycles. The maximum atomic E-state index is 4.41. The molecule has 12 heavy (non-hydrogen) atoms. The van der Waals surface area contributed by atoms with Crippen LogP contribution in [0.1, 0.15) is 43.0 Å². The Kier molecular flexibility index (Phi) is 2.85. The molecule has 1 atom stereocenters. The second-order valence-corrected chi connectivity index (χ2v) is 3.50. The van der Waals surface area contributed by atoms with Crippen LogP contribution in [0.4, 0.5) is 0 Å². The topological polar surface area (TPSA) is 12.9 Å². The standard InChI is InChI=1S/C11H17N/c1-5-8(2)11-6-9(3)10(4)7-12-11/h6-8H,5H2,1-4H3. The third-order valence-electron chi connectivity index (χ3n) is 2.51. The van der Waals surface area contributed by atoms with Crippen LogP contribution in [0, 0.1) is 13.8 Å². The Balaban J connectivity index is 2.96. The maximum Gasteiger partial charge on any atom is 0.0434 e. The smallest absolute Gasteiger partial charge is 0.0434 e. The molecule has 66 valence electrons. The molecule has 1 rings (SSSR count). The fraction of sp³-hybridized carbons (Fsp3) is 0.545. The molecule has 0 radical (unpaired) electrons. The maximum absolute atomic E-state index is 4.41. The summed E-state index contributed by atoms with van der Waals surface area (Å²) in [6.45, 7) is 8.66. The summed E-state index contributed by atoms with van der Waals surface area (Å²) in [6, 6.07) is 2.20. The van der Waals surface area contributed by atoms with Crippen molar-refractivity contribution < 1.29 is 0 Å². The zero-order chi connectivity index (χ0) is 9.14. The van der Waals surface area contributed by atoms with Crippen LogP contribution >= 0.6 is 0 Å². The van der Waals surface area contributed by atoms with Gasteiger partial charge in [-0.1, -0.05) is 13.8 Å². The van der Waals surface area contributed by atoms with Crippen LogP contribution in [0.3, 0.4) is 0 Å². The first kappa shape index (κ1) is 9.24. The SMILES string of the molecule is CCC(C)c1cc(C)c(C)cn1. The molecule has 0 aliphatic rings. The van der Waals surface area contributed by atoms with Gasteiger partial charge >= 0.3 is 0 Å². The van der Waals surface area contributed by atoms with E-state index in [0.29, 0.717) is 5.92 Å². The monoisotopic (exact) mass is 163 g/mol. The first-order valence-electron chi connectivity index (χ1n) is 4.58. The molecule has 1 nitrogen and oxygen atoms in total. The van der Waals surface area contributed by atoms with Gasteiger partial charge in [0.05, 0.1) is 0 Å². The van der Waals surface area contributed by atoms with Gasteiger partial charge in [0.1, 0.15) is 0 Å². The fourth-order valence-corrected chi connectivity index (χ4v) is 1.12. The van der Waals surface area contributed by atoms with Crippen molar-refractivity contribution in [2.75, 3.05) is 0 Å². The minimum atomic E-state index is 0.587. The highest BCUT2D eigenvalue weighted by Gasteiger charge is 2.04. The molecular weight excluding hydrogens is 146 g/mol. The Morgan fingerprint density at radius 3 is 2.50 bits per heavy atom. The Bertz CT molecular complexity index is 266. The zero-order valence-electron chi connectivity index (χ0n) is 8.39. The second kappa shape index (κ2) is 3.70. The first-order chi connectivity index (χ1) is 5.65. The van der Waals surface area contributed by atoms with E-state index < -0.39 is 0 Å². The second-order valence-electron chi connectivity index (χ2n) is 3.50. The summed E-state index contributed by atoms with van der Waals surface area (Å²) in [5.74, 6) is 0.587. The van der Waals surface area contributed by atoms with Crippen LogP contribution < -0.4 is 0 Å². The number of rotatable bonds is 2. The summed E-state index contributed by atoms with van der Waals surface area (Å²) in [5.41, 5.74) is 3.85. The van der Waals surface area contributed by atoms with Gasteiger partial charge in [-0.2, -0.15) is 0 Å². The van der Waals surface area contributed by atoms with Gasteiger partial charge in [0.15, 0.2) is 0 Å². The van der Waals surface area contributed by atoms with Crippen molar-refractivity contribution in [3.05, 3.63) is 29.1 Å². The van der Waals surface area contributed by atoms with E-state index in [0.717, 1.165) is 6.42 Å². The average Bonchev–Trinajstić information content (AvgIpc) is 2.08. The van der Waals surface area contributed by atoms with Gasteiger partial charge in [-0.3, -0.25) is 4.98 Å². The molecule has 1 aromatic rings. The van der Waals surface area contributed by atoms with Crippen molar-refractivity contribution in [3.63, 3.8) is 0 Å². The molecule has 1 aromatic heterocycles. The third kappa shape index (κ3) is 1.84. The van der Waals surface area contributed by atoms with Crippen LogP contribution in [0.15, 0.2) is 12.3 Å². The van der Waals surface area contributed by atoms with Crippen LogP contribution in [0.2, 0.25) is 0 Å². The van der Waals surface area contributed by atoms with Crippen molar-refractivity contribution >= 4 is 0 Å². The lowest BCUT2D eigenvalue weighted by molar-refractivity contribution is 0.706. The molecule has 0 aromatic carbocycles. The quantitative estimate of drug-likeness (QED) is 0.652. The van der Waals surface area contributed by atoms with Gasteiger partial charge in [-0.25, -0.2) is 0 Å². The molecule has 1 unspecified atom stereocenters. The molecular formula is C11H17N. The number of nitrogens with zero attached hydrogens (tertiary/aromatic N) is 1. The summed E-state index contributed by atoms with van der Waals surface area (Å²) in [5, 5.41) is 0. The van der Waals surface area contributed by atoms with Crippen molar-refractivity contribution in [2.45, 2.75) is 40.0 Å². The molecule has 0 bridgehead atoms. The minimum Gasteiger partial charge on any atom is -0.261 e. The van der Waals surface area contributed by atoms with Crippen LogP contribution in [-0.4, -0.2) is 4.98 Å². The molecule has 0 saturated heterocycles. The predicted octanol–water partition coefficient (Wildman–Crippen LogP) is 3.21. The average molecular weight is 163 g/mol. The van der Waals surface area contributed by atoms with Gasteiger partial charge in [-0.15, -0.1) is 0 Å². The third-order valence-corrected chi connectivity index (χ3v) is 2.51. The highest BCUT2D eigenvalue weighted by atomic mass is 14.7. The van der Waals surface area contributed by atoms with E-state index in [1.54, 1.807) is 0 Å². The van der Waals surface area contributed by atoms with Crippen molar-refractivity contribution in [2.24, 2.45) is 0 Å². The number of pyridine rings is 1. The van der Waals surface area contributed by atoms with Gasteiger partial charge in [0.2, 0.25) is 0 Å². The van der Waals surface area contributed by atoms with E-state index >= 15 is 0 Å². The van der Waals surface area contributed by atoms with E-state index in [2.05, 4.69) is 38.7 Å². The Morgan fingerprint density at radius 2 is 2.00 bits per heavy atom. The van der Waals surface area contributed by atoms with Crippen molar-refractivity contribution in [1.82, 2.24) is 4.98 Å². The van der Waals surface area contributed by atoms with Crippen molar-refractivity contribution in [3.8, 4) is 0 Å². The van der Waals surface area contributed by atoms with Gasteiger partial charge in [0, 0.05) is 11.9 Å². The number of aromatic nitrogens is 1. The highest BCUT2D eigenvalue weighted by molar-refractivity contribution is 5.25. The summed E-state index contributed by atoms with van der Waals surface area (Å²) in [6.07, 6.45) is 3.13. The molecule has 0 amide bonds. The Hall–Kier alpha value is -0.850. The normalized spacial score (nSPS) is 13.0. The minimum absolute atomic E-state index is 0.587. The largest absolute Gasteiger partial charge is 0.261 e. The van der Waals surface area contributed by atoms with E-state index in [4.69, 9.17) is 0 Å². The molecule has 0 spiro atoms. The number of aryl methyl sites for hydroxylation is 2. The lowest BCUT2D eigenvalue weighted by Crippen LogP contribution is -1.97. The molecule has 0 aliphatic carbocycles. The molecule has 1 heteroatoms. The van der Waals surface area contributed by atoms with E-state index in [9.17, 15) is 0 Å². The molecule has 1 heterocycles. The molecule has 0 aliphatic heterocycles. The summed E-state index contributed by atoms with van der Waals surface area (Å²) in [4.78, 5) is 4.41.